The van der Waals surface area contributed by atoms with Crippen LogP contribution in [0, 0.1) is 6.92 Å². The number of sulfone groups is 1. The van der Waals surface area contributed by atoms with Gasteiger partial charge in [0.25, 0.3) is 0 Å². The number of hydrogen-bond acceptors (Lipinski definition) is 6. The van der Waals surface area contributed by atoms with Gasteiger partial charge in [-0.1, -0.05) is 6.07 Å². The largest absolute Gasteiger partial charge is 0.477 e. The zero-order valence-corrected chi connectivity index (χ0v) is 15.0. The predicted octanol–water partition coefficient (Wildman–Crippen LogP) is 2.53. The van der Waals surface area contributed by atoms with Gasteiger partial charge in [-0.05, 0) is 30.9 Å². The van der Waals surface area contributed by atoms with Crippen molar-refractivity contribution < 1.29 is 18.3 Å². The normalized spacial score (nSPS) is 19.5. The van der Waals surface area contributed by atoms with Crippen LogP contribution in [0.3, 0.4) is 0 Å². The van der Waals surface area contributed by atoms with E-state index >= 15 is 0 Å². The highest BCUT2D eigenvalue weighted by Gasteiger charge is 2.32. The maximum Gasteiger partial charge on any atom is 0.354 e. The number of pyridine rings is 1. The van der Waals surface area contributed by atoms with Gasteiger partial charge in [-0.2, -0.15) is 5.10 Å². The molecule has 0 spiro atoms. The molecule has 130 valence electrons. The summed E-state index contributed by atoms with van der Waals surface area (Å²) in [5.41, 5.74) is 1.84. The van der Waals surface area contributed by atoms with Crippen LogP contribution in [-0.4, -0.2) is 45.8 Å². The summed E-state index contributed by atoms with van der Waals surface area (Å²) in [6.45, 7) is 1.83. The highest BCUT2D eigenvalue weighted by molar-refractivity contribution is 7.91. The molecule has 1 aliphatic heterocycles. The van der Waals surface area contributed by atoms with E-state index in [1.165, 1.54) is 11.3 Å². The Labute approximate surface area is 147 Å². The summed E-state index contributed by atoms with van der Waals surface area (Å²) < 4.78 is 25.3. The summed E-state index contributed by atoms with van der Waals surface area (Å²) in [6.07, 6.45) is 0.464. The molecule has 3 aromatic rings. The van der Waals surface area contributed by atoms with Gasteiger partial charge in [0.2, 0.25) is 0 Å². The Balaban J connectivity index is 1.99. The maximum absolute atomic E-state index is 11.8. The number of fused-ring (bicyclic) bond motifs is 1. The molecule has 1 N–H and O–H groups in total. The third-order valence-corrected chi connectivity index (χ3v) is 7.05. The van der Waals surface area contributed by atoms with Crippen molar-refractivity contribution in [1.82, 2.24) is 14.8 Å². The minimum atomic E-state index is -3.09. The van der Waals surface area contributed by atoms with Gasteiger partial charge in [-0.25, -0.2) is 22.9 Å². The Bertz CT molecular complexity index is 1080. The number of carboxylic acids is 1. The first-order chi connectivity index (χ1) is 11.9. The van der Waals surface area contributed by atoms with Gasteiger partial charge in [0, 0.05) is 10.4 Å². The molecule has 25 heavy (non-hydrogen) atoms. The smallest absolute Gasteiger partial charge is 0.354 e. The molecule has 0 unspecified atom stereocenters. The molecule has 0 radical (unpaired) electrons. The fraction of sp³-hybridized carbons (Fsp3) is 0.312. The van der Waals surface area contributed by atoms with Gasteiger partial charge >= 0.3 is 5.97 Å². The van der Waals surface area contributed by atoms with Crippen molar-refractivity contribution in [3.8, 4) is 10.4 Å². The number of carboxylic acid groups (broad SMARTS) is 1. The molecule has 4 rings (SSSR count). The lowest BCUT2D eigenvalue weighted by Gasteiger charge is -2.10. The van der Waals surface area contributed by atoms with Crippen molar-refractivity contribution in [3.63, 3.8) is 0 Å². The number of thiophene rings is 1. The standard InChI is InChI=1S/C16H15N3O4S2/c1-9-14-11(13-3-2-5-24-13)7-12(16(20)21)17-15(14)19(18-9)10-4-6-25(22,23)8-10/h2-3,5,7,10H,4,6,8H2,1H3,(H,20,21)/t10-/m0/s1. The predicted molar refractivity (Wildman–Crippen MR) is 94.8 cm³/mol. The second-order valence-corrected chi connectivity index (χ2v) is 9.30. The van der Waals surface area contributed by atoms with Crippen LogP contribution in [0.25, 0.3) is 21.5 Å². The average molecular weight is 377 g/mol. The van der Waals surface area contributed by atoms with Crippen LogP contribution in [0.4, 0.5) is 0 Å². The monoisotopic (exact) mass is 377 g/mol. The van der Waals surface area contributed by atoms with Gasteiger partial charge in [-0.3, -0.25) is 0 Å². The van der Waals surface area contributed by atoms with E-state index < -0.39 is 15.8 Å². The van der Waals surface area contributed by atoms with Crippen LogP contribution in [0.1, 0.15) is 28.6 Å². The molecule has 1 aliphatic rings. The summed E-state index contributed by atoms with van der Waals surface area (Å²) in [5.74, 6) is -0.991. The number of carbonyl (C=O) groups is 1. The molecule has 0 amide bonds. The molecule has 1 atom stereocenters. The van der Waals surface area contributed by atoms with Gasteiger partial charge < -0.3 is 5.11 Å². The molecule has 3 aromatic heterocycles. The molecule has 1 saturated heterocycles. The maximum atomic E-state index is 11.8. The second kappa shape index (κ2) is 5.63. The number of aromatic carboxylic acids is 1. The fourth-order valence-electron chi connectivity index (χ4n) is 3.27. The first-order valence-corrected chi connectivity index (χ1v) is 10.4. The number of hydrogen-bond donors (Lipinski definition) is 1. The Morgan fingerprint density at radius 1 is 1.44 bits per heavy atom. The summed E-state index contributed by atoms with van der Waals surface area (Å²) in [5, 5.41) is 16.6. The number of rotatable bonds is 3. The topological polar surface area (TPSA) is 102 Å². The Morgan fingerprint density at radius 3 is 2.84 bits per heavy atom. The first-order valence-electron chi connectivity index (χ1n) is 7.73. The van der Waals surface area contributed by atoms with Crippen LogP contribution >= 0.6 is 11.3 Å². The molecule has 0 saturated carbocycles. The van der Waals surface area contributed by atoms with E-state index in [0.29, 0.717) is 17.8 Å². The van der Waals surface area contributed by atoms with E-state index in [2.05, 4.69) is 10.1 Å². The number of aromatic nitrogens is 3. The van der Waals surface area contributed by atoms with Crippen LogP contribution in [0.5, 0.6) is 0 Å². The SMILES string of the molecule is Cc1nn([C@H]2CCS(=O)(=O)C2)c2nc(C(=O)O)cc(-c3cccs3)c12. The third-order valence-electron chi connectivity index (χ3n) is 4.40. The van der Waals surface area contributed by atoms with E-state index in [4.69, 9.17) is 0 Å². The van der Waals surface area contributed by atoms with E-state index in [1.807, 2.05) is 24.4 Å². The molecule has 9 heteroatoms. The average Bonchev–Trinajstić information content (AvgIpc) is 3.26. The van der Waals surface area contributed by atoms with Crippen LogP contribution in [0.2, 0.25) is 0 Å². The summed E-state index contributed by atoms with van der Waals surface area (Å²) >= 11 is 1.51. The zero-order chi connectivity index (χ0) is 17.8. The first kappa shape index (κ1) is 16.2. The van der Waals surface area contributed by atoms with E-state index in [0.717, 1.165) is 15.8 Å². The Kier molecular flexibility index (Phi) is 3.66. The Hall–Kier alpha value is -2.26. The van der Waals surface area contributed by atoms with Gasteiger partial charge in [-0.15, -0.1) is 11.3 Å². The van der Waals surface area contributed by atoms with Crippen molar-refractivity contribution in [1.29, 1.82) is 0 Å². The molecule has 7 nitrogen and oxygen atoms in total. The van der Waals surface area contributed by atoms with Crippen molar-refractivity contribution in [2.45, 2.75) is 19.4 Å². The lowest BCUT2D eigenvalue weighted by Crippen LogP contribution is -2.14. The van der Waals surface area contributed by atoms with Gasteiger partial charge in [0.1, 0.15) is 0 Å². The van der Waals surface area contributed by atoms with E-state index in [9.17, 15) is 18.3 Å². The molecule has 0 aromatic carbocycles. The molecule has 0 bridgehead atoms. The molecular weight excluding hydrogens is 362 g/mol. The molecule has 0 aliphatic carbocycles. The lowest BCUT2D eigenvalue weighted by atomic mass is 10.1. The minimum Gasteiger partial charge on any atom is -0.477 e. The van der Waals surface area contributed by atoms with Crippen LogP contribution in [0.15, 0.2) is 23.6 Å². The van der Waals surface area contributed by atoms with E-state index in [-0.39, 0.29) is 23.2 Å². The fourth-order valence-corrected chi connectivity index (χ4v) is 5.71. The van der Waals surface area contributed by atoms with Crippen molar-refractivity contribution >= 4 is 38.2 Å². The van der Waals surface area contributed by atoms with Crippen molar-refractivity contribution in [2.24, 2.45) is 0 Å². The zero-order valence-electron chi connectivity index (χ0n) is 13.3. The van der Waals surface area contributed by atoms with Crippen molar-refractivity contribution in [2.75, 3.05) is 11.5 Å². The molecule has 1 fully saturated rings. The highest BCUT2D eigenvalue weighted by atomic mass is 32.2. The third kappa shape index (κ3) is 2.73. The number of aryl methyl sites for hydroxylation is 1. The lowest BCUT2D eigenvalue weighted by molar-refractivity contribution is 0.0691. The minimum absolute atomic E-state index is 0.0105. The van der Waals surface area contributed by atoms with E-state index in [1.54, 1.807) is 10.7 Å². The van der Waals surface area contributed by atoms with Crippen molar-refractivity contribution in [3.05, 3.63) is 35.0 Å². The van der Waals surface area contributed by atoms with Gasteiger partial charge in [0.15, 0.2) is 21.2 Å². The summed E-state index contributed by atoms with van der Waals surface area (Å²) in [6, 6.07) is 5.06. The second-order valence-electron chi connectivity index (χ2n) is 6.12. The Morgan fingerprint density at radius 2 is 2.24 bits per heavy atom. The number of nitrogens with zero attached hydrogens (tertiary/aromatic N) is 3. The highest BCUT2D eigenvalue weighted by Crippen LogP contribution is 2.36. The molecular formula is C16H15N3O4S2. The van der Waals surface area contributed by atoms with Crippen LogP contribution < -0.4 is 0 Å². The summed E-state index contributed by atoms with van der Waals surface area (Å²) in [7, 11) is -3.09. The van der Waals surface area contributed by atoms with Gasteiger partial charge in [0.05, 0.1) is 28.6 Å². The van der Waals surface area contributed by atoms with Crippen LogP contribution in [-0.2, 0) is 9.84 Å². The quantitative estimate of drug-likeness (QED) is 0.752. The molecule has 4 heterocycles. The summed E-state index contributed by atoms with van der Waals surface area (Å²) in [4.78, 5) is 16.7.